The van der Waals surface area contributed by atoms with Gasteiger partial charge in [-0.1, -0.05) is 0 Å². The van der Waals surface area contributed by atoms with Crippen molar-refractivity contribution in [1.29, 1.82) is 0 Å². The van der Waals surface area contributed by atoms with Crippen LogP contribution in [0.5, 0.6) is 0 Å². The summed E-state index contributed by atoms with van der Waals surface area (Å²) in [6.07, 6.45) is 3.37. The molecule has 0 atom stereocenters. The Balaban J connectivity index is 2.25. The topological polar surface area (TPSA) is 64.1 Å². The first-order valence-electron chi connectivity index (χ1n) is 5.52. The van der Waals surface area contributed by atoms with E-state index in [2.05, 4.69) is 15.3 Å². The second kappa shape index (κ2) is 5.59. The third-order valence-electron chi connectivity index (χ3n) is 2.12. The molecule has 5 nitrogen and oxygen atoms in total. The van der Waals surface area contributed by atoms with Crippen molar-refractivity contribution in [2.45, 2.75) is 13.8 Å². The minimum Gasteiger partial charge on any atom is -0.461 e. The number of nitrogens with one attached hydrogen (secondary N) is 1. The third-order valence-corrected chi connectivity index (χ3v) is 3.01. The first kappa shape index (κ1) is 12.5. The monoisotopic (exact) mass is 263 g/mol. The fourth-order valence-corrected chi connectivity index (χ4v) is 2.24. The van der Waals surface area contributed by atoms with Crippen LogP contribution >= 0.6 is 11.3 Å². The molecule has 18 heavy (non-hydrogen) atoms. The van der Waals surface area contributed by atoms with Gasteiger partial charge in [-0.2, -0.15) is 0 Å². The predicted octanol–water partition coefficient (Wildman–Crippen LogP) is 2.77. The molecule has 0 fully saturated rings. The van der Waals surface area contributed by atoms with Gasteiger partial charge in [-0.05, 0) is 26.0 Å². The van der Waals surface area contributed by atoms with Crippen LogP contribution in [0.2, 0.25) is 0 Å². The zero-order valence-electron chi connectivity index (χ0n) is 10.1. The number of carbonyl (C=O) groups excluding carboxylic acids is 1. The number of hydrogen-bond acceptors (Lipinski definition) is 6. The zero-order valence-corrected chi connectivity index (χ0v) is 11.0. The quantitative estimate of drug-likeness (QED) is 0.859. The van der Waals surface area contributed by atoms with Crippen LogP contribution in [0, 0.1) is 6.92 Å². The summed E-state index contributed by atoms with van der Waals surface area (Å²) < 4.78 is 4.97. The maximum atomic E-state index is 11.7. The Hall–Kier alpha value is -1.95. The van der Waals surface area contributed by atoms with Gasteiger partial charge in [0.1, 0.15) is 5.00 Å². The minimum absolute atomic E-state index is 0.322. The molecule has 0 spiro atoms. The number of carbonyl (C=O) groups is 1. The average molecular weight is 263 g/mol. The van der Waals surface area contributed by atoms with E-state index in [-0.39, 0.29) is 0 Å². The van der Waals surface area contributed by atoms with E-state index in [1.807, 2.05) is 19.1 Å². The first-order chi connectivity index (χ1) is 8.70. The normalized spacial score (nSPS) is 10.1. The van der Waals surface area contributed by atoms with E-state index in [1.54, 1.807) is 19.3 Å². The largest absolute Gasteiger partial charge is 0.461 e. The first-order valence-corrected chi connectivity index (χ1v) is 6.34. The molecule has 0 aliphatic heterocycles. The van der Waals surface area contributed by atoms with Gasteiger partial charge in [0.25, 0.3) is 0 Å². The third kappa shape index (κ3) is 2.84. The fraction of sp³-hybridized carbons (Fsp3) is 0.250. The highest BCUT2D eigenvalue weighted by atomic mass is 32.1. The van der Waals surface area contributed by atoms with Crippen molar-refractivity contribution in [2.24, 2.45) is 0 Å². The van der Waals surface area contributed by atoms with Crippen LogP contribution in [0.15, 0.2) is 24.5 Å². The standard InChI is InChI=1S/C12H13N3O2S/c1-3-17-12(16)10-11(18-8(2)14-10)15-9-5-4-6-13-7-9/h4-7,15H,3H2,1-2H3. The number of aromatic nitrogens is 2. The van der Waals surface area contributed by atoms with Crippen LogP contribution < -0.4 is 5.32 Å². The summed E-state index contributed by atoms with van der Waals surface area (Å²) in [4.78, 5) is 19.9. The number of thiazole rings is 1. The lowest BCUT2D eigenvalue weighted by Crippen LogP contribution is -2.07. The summed E-state index contributed by atoms with van der Waals surface area (Å²) in [5.74, 6) is -0.409. The Morgan fingerprint density at radius 2 is 2.39 bits per heavy atom. The van der Waals surface area contributed by atoms with Crippen molar-refractivity contribution < 1.29 is 9.53 Å². The van der Waals surface area contributed by atoms with Crippen molar-refractivity contribution in [3.63, 3.8) is 0 Å². The highest BCUT2D eigenvalue weighted by molar-refractivity contribution is 7.16. The van der Waals surface area contributed by atoms with Crippen molar-refractivity contribution >= 4 is 28.0 Å². The zero-order chi connectivity index (χ0) is 13.0. The van der Waals surface area contributed by atoms with Crippen molar-refractivity contribution in [3.05, 3.63) is 35.2 Å². The summed E-state index contributed by atoms with van der Waals surface area (Å²) in [6, 6.07) is 3.69. The summed E-state index contributed by atoms with van der Waals surface area (Å²) >= 11 is 1.41. The molecule has 0 saturated heterocycles. The van der Waals surface area contributed by atoms with Gasteiger partial charge in [0.05, 0.1) is 23.5 Å². The number of hydrogen-bond donors (Lipinski definition) is 1. The SMILES string of the molecule is CCOC(=O)c1nc(C)sc1Nc1cccnc1. The lowest BCUT2D eigenvalue weighted by Gasteiger charge is -2.04. The molecule has 1 N–H and O–H groups in total. The maximum Gasteiger partial charge on any atom is 0.360 e. The Morgan fingerprint density at radius 1 is 1.56 bits per heavy atom. The van der Waals surface area contributed by atoms with Gasteiger partial charge in [0.15, 0.2) is 5.69 Å². The molecule has 0 saturated carbocycles. The molecular formula is C12H13N3O2S. The molecule has 0 unspecified atom stereocenters. The van der Waals surface area contributed by atoms with Crippen LogP contribution in [-0.2, 0) is 4.74 Å². The van der Waals surface area contributed by atoms with E-state index in [0.29, 0.717) is 17.3 Å². The average Bonchev–Trinajstić information content (AvgIpc) is 2.72. The van der Waals surface area contributed by atoms with Crippen molar-refractivity contribution in [1.82, 2.24) is 9.97 Å². The number of ether oxygens (including phenoxy) is 1. The molecular weight excluding hydrogens is 250 g/mol. The van der Waals surface area contributed by atoms with Crippen LogP contribution in [0.1, 0.15) is 22.4 Å². The van der Waals surface area contributed by atoms with E-state index in [9.17, 15) is 4.79 Å². The molecule has 2 aromatic rings. The van der Waals surface area contributed by atoms with Crippen molar-refractivity contribution in [2.75, 3.05) is 11.9 Å². The molecule has 6 heteroatoms. The van der Waals surface area contributed by atoms with E-state index >= 15 is 0 Å². The van der Waals surface area contributed by atoms with Gasteiger partial charge in [-0.25, -0.2) is 9.78 Å². The Bertz CT molecular complexity index is 540. The lowest BCUT2D eigenvalue weighted by atomic mass is 10.4. The Morgan fingerprint density at radius 3 is 3.06 bits per heavy atom. The molecule has 94 valence electrons. The Labute approximate surface area is 109 Å². The number of aryl methyl sites for hydroxylation is 1. The lowest BCUT2D eigenvalue weighted by molar-refractivity contribution is 0.0521. The smallest absolute Gasteiger partial charge is 0.360 e. The van der Waals surface area contributed by atoms with Gasteiger partial charge >= 0.3 is 5.97 Å². The fourth-order valence-electron chi connectivity index (χ4n) is 1.42. The molecule has 0 radical (unpaired) electrons. The number of anilines is 2. The predicted molar refractivity (Wildman–Crippen MR) is 70.3 cm³/mol. The Kier molecular flexibility index (Phi) is 3.88. The number of rotatable bonds is 4. The van der Waals surface area contributed by atoms with Crippen LogP contribution in [0.25, 0.3) is 0 Å². The van der Waals surface area contributed by atoms with Crippen LogP contribution in [0.3, 0.4) is 0 Å². The molecule has 2 rings (SSSR count). The van der Waals surface area contributed by atoms with Crippen LogP contribution in [-0.4, -0.2) is 22.5 Å². The maximum absolute atomic E-state index is 11.7. The number of esters is 1. The second-order valence-electron chi connectivity index (χ2n) is 3.50. The highest BCUT2D eigenvalue weighted by Crippen LogP contribution is 2.27. The van der Waals surface area contributed by atoms with E-state index in [0.717, 1.165) is 10.7 Å². The molecule has 2 aromatic heterocycles. The second-order valence-corrected chi connectivity index (χ2v) is 4.70. The molecule has 0 bridgehead atoms. The van der Waals surface area contributed by atoms with E-state index < -0.39 is 5.97 Å². The molecule has 0 aliphatic carbocycles. The highest BCUT2D eigenvalue weighted by Gasteiger charge is 2.18. The van der Waals surface area contributed by atoms with Gasteiger partial charge in [-0.3, -0.25) is 4.98 Å². The summed E-state index contributed by atoms with van der Waals surface area (Å²) in [7, 11) is 0. The summed E-state index contributed by atoms with van der Waals surface area (Å²) in [6.45, 7) is 3.95. The number of nitrogens with zero attached hydrogens (tertiary/aromatic N) is 2. The summed E-state index contributed by atoms with van der Waals surface area (Å²) in [5, 5.41) is 4.61. The summed E-state index contributed by atoms with van der Waals surface area (Å²) in [5.41, 5.74) is 1.13. The van der Waals surface area contributed by atoms with E-state index in [1.165, 1.54) is 11.3 Å². The molecule has 2 heterocycles. The molecule has 0 aromatic carbocycles. The van der Waals surface area contributed by atoms with Gasteiger partial charge in [-0.15, -0.1) is 11.3 Å². The molecule has 0 aliphatic rings. The van der Waals surface area contributed by atoms with Gasteiger partial charge in [0.2, 0.25) is 0 Å². The number of pyridine rings is 1. The molecule has 0 amide bonds. The van der Waals surface area contributed by atoms with Crippen molar-refractivity contribution in [3.8, 4) is 0 Å². The van der Waals surface area contributed by atoms with Gasteiger partial charge in [0, 0.05) is 6.20 Å². The van der Waals surface area contributed by atoms with Crippen LogP contribution in [0.4, 0.5) is 10.7 Å². The van der Waals surface area contributed by atoms with E-state index in [4.69, 9.17) is 4.74 Å². The van der Waals surface area contributed by atoms with Gasteiger partial charge < -0.3 is 10.1 Å². The minimum atomic E-state index is -0.409.